The van der Waals surface area contributed by atoms with Crippen LogP contribution in [-0.2, 0) is 4.79 Å². The fraction of sp³-hybridized carbons (Fsp3) is 0.500. The molecule has 0 spiro atoms. The lowest BCUT2D eigenvalue weighted by molar-refractivity contribution is -0.105. The summed E-state index contributed by atoms with van der Waals surface area (Å²) in [6.07, 6.45) is -3.06. The van der Waals surface area contributed by atoms with Gasteiger partial charge in [0.25, 0.3) is 0 Å². The second-order valence-electron chi connectivity index (χ2n) is 3.43. The van der Waals surface area contributed by atoms with E-state index in [1.165, 1.54) is 32.8 Å². The SMILES string of the molecule is C/C(C=O)=C(C)/C(=C\N(C)C)C(F)(F)F. The molecule has 0 rings (SSSR count). The van der Waals surface area contributed by atoms with E-state index in [1.54, 1.807) is 0 Å². The minimum Gasteiger partial charge on any atom is -0.383 e. The van der Waals surface area contributed by atoms with Gasteiger partial charge in [-0.25, -0.2) is 0 Å². The predicted octanol–water partition coefficient (Wildman–Crippen LogP) is 2.53. The lowest BCUT2D eigenvalue weighted by Gasteiger charge is -2.16. The van der Waals surface area contributed by atoms with Gasteiger partial charge in [0.15, 0.2) is 0 Å². The molecule has 2 nitrogen and oxygen atoms in total. The van der Waals surface area contributed by atoms with Crippen molar-refractivity contribution in [3.8, 4) is 0 Å². The van der Waals surface area contributed by atoms with Gasteiger partial charge in [0.2, 0.25) is 0 Å². The van der Waals surface area contributed by atoms with E-state index in [4.69, 9.17) is 0 Å². The topological polar surface area (TPSA) is 20.3 Å². The second kappa shape index (κ2) is 5.00. The molecule has 0 bridgehead atoms. The highest BCUT2D eigenvalue weighted by atomic mass is 19.4. The smallest absolute Gasteiger partial charge is 0.383 e. The minimum absolute atomic E-state index is 0.0498. The highest BCUT2D eigenvalue weighted by molar-refractivity contribution is 5.75. The van der Waals surface area contributed by atoms with Gasteiger partial charge < -0.3 is 4.90 Å². The molecular formula is C10H14F3NO. The summed E-state index contributed by atoms with van der Waals surface area (Å²) in [6.45, 7) is 2.64. The predicted molar refractivity (Wildman–Crippen MR) is 52.3 cm³/mol. The first-order chi connectivity index (χ1) is 6.70. The summed E-state index contributed by atoms with van der Waals surface area (Å²) in [7, 11) is 2.99. The Labute approximate surface area is 87.1 Å². The third kappa shape index (κ3) is 4.18. The molecule has 0 aromatic carbocycles. The van der Waals surface area contributed by atoms with Crippen molar-refractivity contribution in [1.82, 2.24) is 4.90 Å². The summed E-state index contributed by atoms with van der Waals surface area (Å²) in [5, 5.41) is 0. The molecule has 0 heterocycles. The first kappa shape index (κ1) is 13.7. The molecule has 0 saturated heterocycles. The molecule has 0 radical (unpaired) electrons. The zero-order valence-corrected chi connectivity index (χ0v) is 9.14. The van der Waals surface area contributed by atoms with Crippen LogP contribution >= 0.6 is 0 Å². The number of carbonyl (C=O) groups is 1. The lowest BCUT2D eigenvalue weighted by Crippen LogP contribution is -2.17. The molecule has 86 valence electrons. The van der Waals surface area contributed by atoms with Crippen molar-refractivity contribution >= 4 is 6.29 Å². The molecule has 0 saturated carbocycles. The van der Waals surface area contributed by atoms with Crippen LogP contribution < -0.4 is 0 Å². The number of aldehydes is 1. The monoisotopic (exact) mass is 221 g/mol. The Morgan fingerprint density at radius 3 is 1.93 bits per heavy atom. The van der Waals surface area contributed by atoms with Gasteiger partial charge in [0, 0.05) is 20.3 Å². The van der Waals surface area contributed by atoms with Gasteiger partial charge in [-0.1, -0.05) is 0 Å². The van der Waals surface area contributed by atoms with E-state index in [2.05, 4.69) is 0 Å². The van der Waals surface area contributed by atoms with Crippen LogP contribution in [0.4, 0.5) is 13.2 Å². The van der Waals surface area contributed by atoms with Crippen molar-refractivity contribution in [2.45, 2.75) is 20.0 Å². The fourth-order valence-electron chi connectivity index (χ4n) is 0.942. The van der Waals surface area contributed by atoms with Crippen molar-refractivity contribution in [3.05, 3.63) is 22.9 Å². The maximum absolute atomic E-state index is 12.6. The third-order valence-corrected chi connectivity index (χ3v) is 1.86. The molecule has 0 amide bonds. The third-order valence-electron chi connectivity index (χ3n) is 1.86. The van der Waals surface area contributed by atoms with Crippen LogP contribution in [0, 0.1) is 0 Å². The summed E-state index contributed by atoms with van der Waals surface area (Å²) in [5.41, 5.74) is -0.760. The molecule has 0 aliphatic rings. The quantitative estimate of drug-likeness (QED) is 0.414. The molecule has 0 aromatic rings. The van der Waals surface area contributed by atoms with Crippen molar-refractivity contribution in [2.24, 2.45) is 0 Å². The average Bonchev–Trinajstić information content (AvgIpc) is 2.09. The lowest BCUT2D eigenvalue weighted by atomic mass is 10.0. The van der Waals surface area contributed by atoms with Crippen LogP contribution in [0.1, 0.15) is 13.8 Å². The molecule has 0 aromatic heterocycles. The summed E-state index contributed by atoms with van der Waals surface area (Å²) in [5.74, 6) is 0. The fourth-order valence-corrected chi connectivity index (χ4v) is 0.942. The van der Waals surface area contributed by atoms with E-state index in [0.717, 1.165) is 6.20 Å². The normalized spacial score (nSPS) is 14.7. The summed E-state index contributed by atoms with van der Waals surface area (Å²) < 4.78 is 37.7. The Hall–Kier alpha value is -1.26. The van der Waals surface area contributed by atoms with E-state index < -0.39 is 11.7 Å². The minimum atomic E-state index is -4.45. The highest BCUT2D eigenvalue weighted by Gasteiger charge is 2.35. The number of hydrogen-bond acceptors (Lipinski definition) is 2. The van der Waals surface area contributed by atoms with Gasteiger partial charge in [0.1, 0.15) is 6.29 Å². The van der Waals surface area contributed by atoms with E-state index in [0.29, 0.717) is 6.29 Å². The Bertz CT molecular complexity index is 300. The van der Waals surface area contributed by atoms with E-state index in [-0.39, 0.29) is 11.1 Å². The average molecular weight is 221 g/mol. The van der Waals surface area contributed by atoms with Crippen LogP contribution in [0.15, 0.2) is 22.9 Å². The van der Waals surface area contributed by atoms with E-state index in [1.807, 2.05) is 0 Å². The molecule has 5 heteroatoms. The molecule has 0 fully saturated rings. The maximum Gasteiger partial charge on any atom is 0.418 e. The van der Waals surface area contributed by atoms with Crippen LogP contribution in [0.3, 0.4) is 0 Å². The van der Waals surface area contributed by atoms with E-state index >= 15 is 0 Å². The number of alkyl halides is 3. The molecule has 0 N–H and O–H groups in total. The standard InChI is InChI=1S/C10H14F3NO/c1-7(6-15)8(2)9(5-14(3)4)10(11,12)13/h5-6H,1-4H3/b8-7-,9-5+. The molecule has 15 heavy (non-hydrogen) atoms. The van der Waals surface area contributed by atoms with Gasteiger partial charge in [0.05, 0.1) is 5.57 Å². The van der Waals surface area contributed by atoms with E-state index in [9.17, 15) is 18.0 Å². The summed E-state index contributed by atoms with van der Waals surface area (Å²) in [6, 6.07) is 0. The van der Waals surface area contributed by atoms with Gasteiger partial charge >= 0.3 is 6.18 Å². The number of nitrogens with zero attached hydrogens (tertiary/aromatic N) is 1. The largest absolute Gasteiger partial charge is 0.418 e. The van der Waals surface area contributed by atoms with Gasteiger partial charge in [-0.05, 0) is 25.0 Å². The van der Waals surface area contributed by atoms with Crippen LogP contribution in [-0.4, -0.2) is 31.5 Å². The van der Waals surface area contributed by atoms with Gasteiger partial charge in [-0.3, -0.25) is 4.79 Å². The number of carbonyl (C=O) groups excluding carboxylic acids is 1. The highest BCUT2D eigenvalue weighted by Crippen LogP contribution is 2.32. The van der Waals surface area contributed by atoms with Gasteiger partial charge in [-0.15, -0.1) is 0 Å². The Morgan fingerprint density at radius 2 is 1.67 bits per heavy atom. The molecule has 0 unspecified atom stereocenters. The Balaban J connectivity index is 5.43. The Morgan fingerprint density at radius 1 is 1.20 bits per heavy atom. The molecular weight excluding hydrogens is 207 g/mol. The van der Waals surface area contributed by atoms with Crippen molar-refractivity contribution in [2.75, 3.05) is 14.1 Å². The van der Waals surface area contributed by atoms with Crippen molar-refractivity contribution in [1.29, 1.82) is 0 Å². The Kier molecular flexibility index (Phi) is 4.58. The zero-order valence-electron chi connectivity index (χ0n) is 9.14. The second-order valence-corrected chi connectivity index (χ2v) is 3.43. The number of allylic oxidation sites excluding steroid dienone is 3. The first-order valence-corrected chi connectivity index (χ1v) is 4.28. The number of hydrogen-bond donors (Lipinski definition) is 0. The van der Waals surface area contributed by atoms with Crippen LogP contribution in [0.2, 0.25) is 0 Å². The van der Waals surface area contributed by atoms with Crippen molar-refractivity contribution < 1.29 is 18.0 Å². The molecule has 0 aliphatic heterocycles. The summed E-state index contributed by atoms with van der Waals surface area (Å²) in [4.78, 5) is 11.7. The number of rotatable bonds is 3. The number of halogens is 3. The zero-order chi connectivity index (χ0) is 12.2. The maximum atomic E-state index is 12.6. The van der Waals surface area contributed by atoms with Crippen LogP contribution in [0.25, 0.3) is 0 Å². The van der Waals surface area contributed by atoms with Gasteiger partial charge in [-0.2, -0.15) is 13.2 Å². The first-order valence-electron chi connectivity index (χ1n) is 4.28. The molecule has 0 atom stereocenters. The van der Waals surface area contributed by atoms with Crippen molar-refractivity contribution in [3.63, 3.8) is 0 Å². The van der Waals surface area contributed by atoms with Crippen LogP contribution in [0.5, 0.6) is 0 Å². The molecule has 0 aliphatic carbocycles. The summed E-state index contributed by atoms with van der Waals surface area (Å²) >= 11 is 0.